The highest BCUT2D eigenvalue weighted by atomic mass is 35.5. The van der Waals surface area contributed by atoms with Crippen molar-refractivity contribution in [2.75, 3.05) is 18.4 Å². The van der Waals surface area contributed by atoms with E-state index in [1.165, 1.54) is 6.20 Å². The van der Waals surface area contributed by atoms with Crippen LogP contribution >= 0.6 is 11.6 Å². The van der Waals surface area contributed by atoms with E-state index in [0.29, 0.717) is 18.9 Å². The van der Waals surface area contributed by atoms with Gasteiger partial charge in [0.15, 0.2) is 10.8 Å². The number of aromatic nitrogens is 2. The number of hydrogen-bond donors (Lipinski definition) is 1. The van der Waals surface area contributed by atoms with Crippen LogP contribution in [0, 0.1) is 11.3 Å². The van der Waals surface area contributed by atoms with E-state index in [4.69, 9.17) is 21.6 Å². The van der Waals surface area contributed by atoms with Gasteiger partial charge in [-0.3, -0.25) is 0 Å². The molecule has 1 aliphatic heterocycles. The van der Waals surface area contributed by atoms with Gasteiger partial charge in [-0.25, -0.2) is 14.8 Å². The second-order valence-electron chi connectivity index (χ2n) is 6.06. The molecule has 0 spiro atoms. The number of halogens is 1. The van der Waals surface area contributed by atoms with E-state index in [1.807, 2.05) is 26.8 Å². The van der Waals surface area contributed by atoms with Crippen LogP contribution in [0.25, 0.3) is 0 Å². The molecule has 0 aromatic carbocycles. The number of likely N-dealkylation sites (tertiary alicyclic amines) is 1. The molecule has 0 aliphatic carbocycles. The quantitative estimate of drug-likeness (QED) is 0.898. The molecule has 0 saturated carbocycles. The summed E-state index contributed by atoms with van der Waals surface area (Å²) in [6.45, 7) is 6.65. The van der Waals surface area contributed by atoms with Crippen LogP contribution in [0.3, 0.4) is 0 Å². The Kier molecular flexibility index (Phi) is 4.71. The fourth-order valence-corrected chi connectivity index (χ4v) is 2.27. The van der Waals surface area contributed by atoms with Gasteiger partial charge in [0.05, 0.1) is 6.20 Å². The molecule has 1 N–H and O–H groups in total. The van der Waals surface area contributed by atoms with Crippen molar-refractivity contribution in [2.24, 2.45) is 0 Å². The molecular formula is C14H18ClN5O2. The fourth-order valence-electron chi connectivity index (χ4n) is 2.09. The van der Waals surface area contributed by atoms with E-state index in [1.54, 1.807) is 4.90 Å². The van der Waals surface area contributed by atoms with Gasteiger partial charge < -0.3 is 15.0 Å². The summed E-state index contributed by atoms with van der Waals surface area (Å²) in [4.78, 5) is 21.6. The van der Waals surface area contributed by atoms with Crippen LogP contribution in [-0.2, 0) is 4.74 Å². The molecule has 1 atom stereocenters. The lowest BCUT2D eigenvalue weighted by Gasteiger charge is -2.24. The summed E-state index contributed by atoms with van der Waals surface area (Å²) >= 11 is 5.85. The maximum Gasteiger partial charge on any atom is 0.410 e. The number of nitriles is 1. The maximum atomic E-state index is 12.0. The van der Waals surface area contributed by atoms with E-state index in [2.05, 4.69) is 15.3 Å². The van der Waals surface area contributed by atoms with Gasteiger partial charge in [-0.2, -0.15) is 5.26 Å². The Morgan fingerprint density at radius 2 is 2.32 bits per heavy atom. The average molecular weight is 324 g/mol. The number of hydrogen-bond acceptors (Lipinski definition) is 6. The van der Waals surface area contributed by atoms with Crippen LogP contribution in [-0.4, -0.2) is 45.7 Å². The van der Waals surface area contributed by atoms with E-state index < -0.39 is 5.60 Å². The number of ether oxygens (including phenoxy) is 1. The SMILES string of the molecule is CC(C)(C)OC(=O)N1CC[C@H](Nc2cnc(C#N)c(Cl)n2)C1. The molecule has 1 amide bonds. The molecule has 1 saturated heterocycles. The molecule has 0 bridgehead atoms. The molecule has 1 aliphatic rings. The molecule has 2 heterocycles. The molecule has 0 radical (unpaired) electrons. The Morgan fingerprint density at radius 3 is 2.91 bits per heavy atom. The summed E-state index contributed by atoms with van der Waals surface area (Å²) in [5.41, 5.74) is -0.414. The molecule has 1 aromatic heterocycles. The standard InChI is InChI=1S/C14H18ClN5O2/c1-14(2,3)22-13(21)20-5-4-9(8-20)18-11-7-17-10(6-16)12(15)19-11/h7,9H,4-5,8H2,1-3H3,(H,18,19)/t9-/m0/s1. The fraction of sp³-hybridized carbons (Fsp3) is 0.571. The van der Waals surface area contributed by atoms with Gasteiger partial charge >= 0.3 is 6.09 Å². The molecule has 8 heteroatoms. The average Bonchev–Trinajstić information content (AvgIpc) is 2.85. The highest BCUT2D eigenvalue weighted by Gasteiger charge is 2.29. The number of nitrogens with one attached hydrogen (secondary N) is 1. The molecule has 7 nitrogen and oxygen atoms in total. The number of carbonyl (C=O) groups excluding carboxylic acids is 1. The Bertz CT molecular complexity index is 608. The summed E-state index contributed by atoms with van der Waals surface area (Å²) < 4.78 is 5.34. The molecule has 1 aromatic rings. The van der Waals surface area contributed by atoms with Crippen LogP contribution in [0.5, 0.6) is 0 Å². The summed E-state index contributed by atoms with van der Waals surface area (Å²) in [6.07, 6.45) is 1.92. The Morgan fingerprint density at radius 1 is 1.59 bits per heavy atom. The first-order valence-corrected chi connectivity index (χ1v) is 7.33. The zero-order valence-corrected chi connectivity index (χ0v) is 13.5. The number of amides is 1. The lowest BCUT2D eigenvalue weighted by atomic mass is 10.2. The number of rotatable bonds is 2. The van der Waals surface area contributed by atoms with Crippen molar-refractivity contribution in [3.05, 3.63) is 17.0 Å². The number of anilines is 1. The van der Waals surface area contributed by atoms with Crippen molar-refractivity contribution in [1.82, 2.24) is 14.9 Å². The van der Waals surface area contributed by atoms with Gasteiger partial charge in [0.2, 0.25) is 0 Å². The summed E-state index contributed by atoms with van der Waals surface area (Å²) in [5.74, 6) is 0.486. The van der Waals surface area contributed by atoms with Gasteiger partial charge in [-0.15, -0.1) is 0 Å². The second-order valence-corrected chi connectivity index (χ2v) is 6.42. The third kappa shape index (κ3) is 4.21. The lowest BCUT2D eigenvalue weighted by Crippen LogP contribution is -2.36. The van der Waals surface area contributed by atoms with Gasteiger partial charge in [-0.05, 0) is 27.2 Å². The van der Waals surface area contributed by atoms with Crippen LogP contribution in [0.4, 0.5) is 10.6 Å². The topological polar surface area (TPSA) is 91.1 Å². The molecule has 0 unspecified atom stereocenters. The van der Waals surface area contributed by atoms with Crippen molar-refractivity contribution in [2.45, 2.75) is 38.8 Å². The zero-order chi connectivity index (χ0) is 16.3. The Hall–Kier alpha value is -2.07. The molecule has 1 fully saturated rings. The van der Waals surface area contributed by atoms with E-state index in [-0.39, 0.29) is 23.0 Å². The largest absolute Gasteiger partial charge is 0.444 e. The van der Waals surface area contributed by atoms with Crippen molar-refractivity contribution >= 4 is 23.5 Å². The smallest absolute Gasteiger partial charge is 0.410 e. The predicted octanol–water partition coefficient (Wildman–Crippen LogP) is 2.42. The Labute approximate surface area is 134 Å². The first-order valence-electron chi connectivity index (χ1n) is 6.95. The first kappa shape index (κ1) is 16.3. The van der Waals surface area contributed by atoms with Crippen molar-refractivity contribution in [1.29, 1.82) is 5.26 Å². The van der Waals surface area contributed by atoms with Gasteiger partial charge in [-0.1, -0.05) is 11.6 Å². The minimum Gasteiger partial charge on any atom is -0.444 e. The van der Waals surface area contributed by atoms with E-state index in [9.17, 15) is 4.79 Å². The van der Waals surface area contributed by atoms with Gasteiger partial charge in [0.25, 0.3) is 0 Å². The highest BCUT2D eigenvalue weighted by molar-refractivity contribution is 6.30. The summed E-state index contributed by atoms with van der Waals surface area (Å²) in [6, 6.07) is 1.90. The maximum absolute atomic E-state index is 12.0. The van der Waals surface area contributed by atoms with Crippen molar-refractivity contribution in [3.63, 3.8) is 0 Å². The minimum atomic E-state index is -0.505. The van der Waals surface area contributed by atoms with Crippen molar-refractivity contribution < 1.29 is 9.53 Å². The van der Waals surface area contributed by atoms with Crippen LogP contribution in [0.15, 0.2) is 6.20 Å². The third-order valence-electron chi connectivity index (χ3n) is 3.03. The van der Waals surface area contributed by atoms with Gasteiger partial charge in [0, 0.05) is 19.1 Å². The third-order valence-corrected chi connectivity index (χ3v) is 3.29. The summed E-state index contributed by atoms with van der Waals surface area (Å²) in [5, 5.41) is 12.0. The molecule has 22 heavy (non-hydrogen) atoms. The first-order chi connectivity index (χ1) is 10.3. The van der Waals surface area contributed by atoms with Crippen LogP contribution in [0.2, 0.25) is 5.15 Å². The second kappa shape index (κ2) is 6.36. The molecule has 2 rings (SSSR count). The lowest BCUT2D eigenvalue weighted by molar-refractivity contribution is 0.0293. The summed E-state index contributed by atoms with van der Waals surface area (Å²) in [7, 11) is 0. The molecule has 118 valence electrons. The monoisotopic (exact) mass is 323 g/mol. The minimum absolute atomic E-state index is 0.0471. The van der Waals surface area contributed by atoms with Crippen LogP contribution < -0.4 is 5.32 Å². The number of carbonyl (C=O) groups is 1. The number of nitrogens with zero attached hydrogens (tertiary/aromatic N) is 4. The van der Waals surface area contributed by atoms with Crippen molar-refractivity contribution in [3.8, 4) is 6.07 Å². The zero-order valence-electron chi connectivity index (χ0n) is 12.8. The van der Waals surface area contributed by atoms with E-state index >= 15 is 0 Å². The predicted molar refractivity (Wildman–Crippen MR) is 81.6 cm³/mol. The highest BCUT2D eigenvalue weighted by Crippen LogP contribution is 2.19. The van der Waals surface area contributed by atoms with E-state index in [0.717, 1.165) is 6.42 Å². The van der Waals surface area contributed by atoms with Crippen LogP contribution in [0.1, 0.15) is 32.9 Å². The normalized spacial score (nSPS) is 18.0. The Balaban J connectivity index is 1.93. The molecular weight excluding hydrogens is 306 g/mol. The van der Waals surface area contributed by atoms with Gasteiger partial charge in [0.1, 0.15) is 17.5 Å².